The number of likely N-dealkylation sites (tertiary alicyclic amines) is 1. The Morgan fingerprint density at radius 1 is 1.44 bits per heavy atom. The number of hydrogen-bond donors (Lipinski definition) is 2. The largest absolute Gasteiger partial charge is 0.394 e. The van der Waals surface area contributed by atoms with Crippen LogP contribution in [0.4, 0.5) is 0 Å². The topological polar surface area (TPSA) is 66.6 Å². The third-order valence-electron chi connectivity index (χ3n) is 3.51. The number of amides is 1. The van der Waals surface area contributed by atoms with E-state index in [1.807, 2.05) is 24.3 Å². The Labute approximate surface area is 107 Å². The highest BCUT2D eigenvalue weighted by molar-refractivity contribution is 5.94. The average molecular weight is 248 g/mol. The Kier molecular flexibility index (Phi) is 4.33. The van der Waals surface area contributed by atoms with Gasteiger partial charge in [-0.25, -0.2) is 0 Å². The first-order valence-electron chi connectivity index (χ1n) is 6.47. The predicted octanol–water partition coefficient (Wildman–Crippen LogP) is 1.13. The van der Waals surface area contributed by atoms with E-state index in [9.17, 15) is 9.90 Å². The summed E-state index contributed by atoms with van der Waals surface area (Å²) in [6.07, 6.45) is 2.98. The van der Waals surface area contributed by atoms with Crippen molar-refractivity contribution in [2.24, 2.45) is 5.73 Å². The van der Waals surface area contributed by atoms with E-state index in [1.165, 1.54) is 0 Å². The number of carbonyl (C=O) groups excluding carboxylic acids is 1. The minimum absolute atomic E-state index is 0.00375. The number of rotatable bonds is 3. The molecule has 0 bridgehead atoms. The molecule has 1 atom stereocenters. The first-order chi connectivity index (χ1) is 8.76. The summed E-state index contributed by atoms with van der Waals surface area (Å²) in [5, 5.41) is 9.34. The van der Waals surface area contributed by atoms with Gasteiger partial charge < -0.3 is 15.7 Å². The number of carbonyl (C=O) groups is 1. The second kappa shape index (κ2) is 5.98. The molecule has 0 aliphatic carbocycles. The van der Waals surface area contributed by atoms with Crippen LogP contribution in [-0.4, -0.2) is 35.1 Å². The van der Waals surface area contributed by atoms with Crippen LogP contribution >= 0.6 is 0 Å². The van der Waals surface area contributed by atoms with Crippen molar-refractivity contribution in [1.82, 2.24) is 4.90 Å². The molecule has 0 aromatic heterocycles. The Balaban J connectivity index is 2.18. The maximum atomic E-state index is 12.4. The molecular formula is C14H20N2O2. The second-order valence-electron chi connectivity index (χ2n) is 4.74. The first kappa shape index (κ1) is 13.1. The summed E-state index contributed by atoms with van der Waals surface area (Å²) in [5.74, 6) is 0.00375. The molecule has 1 aliphatic heterocycles. The lowest BCUT2D eigenvalue weighted by Gasteiger charge is -2.34. The molecule has 4 nitrogen and oxygen atoms in total. The summed E-state index contributed by atoms with van der Waals surface area (Å²) in [7, 11) is 0. The van der Waals surface area contributed by atoms with Crippen molar-refractivity contribution in [3.05, 3.63) is 35.4 Å². The first-order valence-corrected chi connectivity index (χ1v) is 6.47. The zero-order chi connectivity index (χ0) is 13.0. The molecule has 3 N–H and O–H groups in total. The van der Waals surface area contributed by atoms with Crippen molar-refractivity contribution < 1.29 is 9.90 Å². The highest BCUT2D eigenvalue weighted by atomic mass is 16.3. The van der Waals surface area contributed by atoms with Crippen molar-refractivity contribution in [3.63, 3.8) is 0 Å². The van der Waals surface area contributed by atoms with E-state index in [2.05, 4.69) is 0 Å². The van der Waals surface area contributed by atoms with Crippen LogP contribution in [0, 0.1) is 0 Å². The molecule has 1 saturated heterocycles. The van der Waals surface area contributed by atoms with Gasteiger partial charge in [-0.2, -0.15) is 0 Å². The summed E-state index contributed by atoms with van der Waals surface area (Å²) in [6, 6.07) is 7.38. The van der Waals surface area contributed by atoms with E-state index in [1.54, 1.807) is 4.90 Å². The Morgan fingerprint density at radius 3 is 3.00 bits per heavy atom. The Morgan fingerprint density at radius 2 is 2.28 bits per heavy atom. The van der Waals surface area contributed by atoms with E-state index in [-0.39, 0.29) is 18.6 Å². The fourth-order valence-corrected chi connectivity index (χ4v) is 2.45. The average Bonchev–Trinajstić information content (AvgIpc) is 2.46. The molecule has 1 amide bonds. The summed E-state index contributed by atoms with van der Waals surface area (Å²) >= 11 is 0. The van der Waals surface area contributed by atoms with Gasteiger partial charge in [-0.1, -0.05) is 12.1 Å². The number of aliphatic hydroxyl groups excluding tert-OH is 1. The van der Waals surface area contributed by atoms with Gasteiger partial charge in [-0.15, -0.1) is 0 Å². The number of aliphatic hydroxyl groups is 1. The van der Waals surface area contributed by atoms with E-state index in [4.69, 9.17) is 5.73 Å². The molecule has 1 fully saturated rings. The molecule has 98 valence electrons. The Hall–Kier alpha value is -1.39. The lowest BCUT2D eigenvalue weighted by molar-refractivity contribution is 0.0503. The van der Waals surface area contributed by atoms with Gasteiger partial charge in [0, 0.05) is 18.7 Å². The lowest BCUT2D eigenvalue weighted by atomic mass is 10.0. The number of nitrogens with two attached hydrogens (primary N) is 1. The molecule has 1 aromatic rings. The molecule has 0 saturated carbocycles. The number of hydrogen-bond acceptors (Lipinski definition) is 3. The molecule has 0 radical (unpaired) electrons. The fraction of sp³-hybridized carbons (Fsp3) is 0.500. The molecule has 18 heavy (non-hydrogen) atoms. The van der Waals surface area contributed by atoms with Crippen LogP contribution in [0.25, 0.3) is 0 Å². The molecule has 4 heteroatoms. The van der Waals surface area contributed by atoms with Gasteiger partial charge in [0.2, 0.25) is 0 Å². The van der Waals surface area contributed by atoms with Gasteiger partial charge in [0.1, 0.15) is 0 Å². The molecule has 1 aliphatic rings. The van der Waals surface area contributed by atoms with Gasteiger partial charge in [-0.3, -0.25) is 4.79 Å². The predicted molar refractivity (Wildman–Crippen MR) is 70.1 cm³/mol. The lowest BCUT2D eigenvalue weighted by Crippen LogP contribution is -2.45. The van der Waals surface area contributed by atoms with Crippen LogP contribution in [0.15, 0.2) is 24.3 Å². The number of benzene rings is 1. The Bertz CT molecular complexity index is 420. The minimum Gasteiger partial charge on any atom is -0.394 e. The molecule has 1 aromatic carbocycles. The van der Waals surface area contributed by atoms with Crippen molar-refractivity contribution in [2.45, 2.75) is 31.8 Å². The normalized spacial score (nSPS) is 19.9. The van der Waals surface area contributed by atoms with E-state index in [0.29, 0.717) is 12.1 Å². The maximum absolute atomic E-state index is 12.4. The maximum Gasteiger partial charge on any atom is 0.254 e. The van der Waals surface area contributed by atoms with Gasteiger partial charge in [0.05, 0.1) is 12.6 Å². The minimum atomic E-state index is -0.0345. The van der Waals surface area contributed by atoms with Crippen LogP contribution in [0.5, 0.6) is 0 Å². The van der Waals surface area contributed by atoms with E-state index in [0.717, 1.165) is 31.4 Å². The molecule has 2 rings (SSSR count). The molecule has 1 unspecified atom stereocenters. The summed E-state index contributed by atoms with van der Waals surface area (Å²) in [6.45, 7) is 1.21. The van der Waals surface area contributed by atoms with Gasteiger partial charge in [-0.05, 0) is 37.0 Å². The van der Waals surface area contributed by atoms with E-state index >= 15 is 0 Å². The smallest absolute Gasteiger partial charge is 0.254 e. The highest BCUT2D eigenvalue weighted by Gasteiger charge is 2.26. The molecule has 1 heterocycles. The van der Waals surface area contributed by atoms with Crippen LogP contribution in [0.2, 0.25) is 0 Å². The highest BCUT2D eigenvalue weighted by Crippen LogP contribution is 2.19. The van der Waals surface area contributed by atoms with Crippen molar-refractivity contribution >= 4 is 5.91 Å². The van der Waals surface area contributed by atoms with Crippen LogP contribution in [0.1, 0.15) is 35.2 Å². The van der Waals surface area contributed by atoms with Crippen LogP contribution < -0.4 is 5.73 Å². The second-order valence-corrected chi connectivity index (χ2v) is 4.74. The summed E-state index contributed by atoms with van der Waals surface area (Å²) < 4.78 is 0. The van der Waals surface area contributed by atoms with Crippen LogP contribution in [0.3, 0.4) is 0 Å². The number of nitrogens with zero attached hydrogens (tertiary/aromatic N) is 1. The van der Waals surface area contributed by atoms with Gasteiger partial charge in [0.15, 0.2) is 0 Å². The summed E-state index contributed by atoms with van der Waals surface area (Å²) in [5.41, 5.74) is 7.21. The van der Waals surface area contributed by atoms with Crippen molar-refractivity contribution in [1.29, 1.82) is 0 Å². The SMILES string of the molecule is NCc1cccc(C(=O)N2CCCCC2CO)c1. The monoisotopic (exact) mass is 248 g/mol. The molecular weight excluding hydrogens is 228 g/mol. The standard InChI is InChI=1S/C14H20N2O2/c15-9-11-4-3-5-12(8-11)14(18)16-7-2-1-6-13(16)10-17/h3-5,8,13,17H,1-2,6-7,9-10,15H2. The third kappa shape index (κ3) is 2.71. The van der Waals surface area contributed by atoms with Gasteiger partial charge >= 0.3 is 0 Å². The fourth-order valence-electron chi connectivity index (χ4n) is 2.45. The van der Waals surface area contributed by atoms with Crippen LogP contribution in [-0.2, 0) is 6.54 Å². The van der Waals surface area contributed by atoms with Crippen molar-refractivity contribution in [3.8, 4) is 0 Å². The van der Waals surface area contributed by atoms with E-state index < -0.39 is 0 Å². The zero-order valence-corrected chi connectivity index (χ0v) is 10.5. The quantitative estimate of drug-likeness (QED) is 0.842. The van der Waals surface area contributed by atoms with Crippen molar-refractivity contribution in [2.75, 3.05) is 13.2 Å². The third-order valence-corrected chi connectivity index (χ3v) is 3.51. The van der Waals surface area contributed by atoms with Gasteiger partial charge in [0.25, 0.3) is 5.91 Å². The molecule has 0 spiro atoms. The zero-order valence-electron chi connectivity index (χ0n) is 10.5. The number of piperidine rings is 1. The summed E-state index contributed by atoms with van der Waals surface area (Å²) in [4.78, 5) is 14.2.